The van der Waals surface area contributed by atoms with E-state index in [4.69, 9.17) is 0 Å². The van der Waals surface area contributed by atoms with Gasteiger partial charge in [0, 0.05) is 32.4 Å². The Bertz CT molecular complexity index is 1060. The average Bonchev–Trinajstić information content (AvgIpc) is 3.18. The first-order valence-corrected chi connectivity index (χ1v) is 10.00. The Labute approximate surface area is 152 Å². The van der Waals surface area contributed by atoms with Crippen molar-refractivity contribution in [3.63, 3.8) is 0 Å². The van der Waals surface area contributed by atoms with Gasteiger partial charge in [-0.25, -0.2) is 18.4 Å². The summed E-state index contributed by atoms with van der Waals surface area (Å²) < 4.78 is 26.8. The molecule has 7 nitrogen and oxygen atoms in total. The van der Waals surface area contributed by atoms with Crippen LogP contribution in [0.2, 0.25) is 0 Å². The van der Waals surface area contributed by atoms with Crippen LogP contribution < -0.4 is 4.90 Å². The lowest BCUT2D eigenvalue weighted by atomic mass is 10.2. The van der Waals surface area contributed by atoms with Crippen molar-refractivity contribution in [1.29, 1.82) is 0 Å². The minimum atomic E-state index is -3.37. The van der Waals surface area contributed by atoms with Crippen molar-refractivity contribution >= 4 is 15.8 Å². The van der Waals surface area contributed by atoms with E-state index in [2.05, 4.69) is 15.0 Å². The zero-order valence-electron chi connectivity index (χ0n) is 14.6. The second kappa shape index (κ2) is 6.21. The van der Waals surface area contributed by atoms with Gasteiger partial charge in [0.1, 0.15) is 10.7 Å². The summed E-state index contributed by atoms with van der Waals surface area (Å²) in [5, 5.41) is 0. The van der Waals surface area contributed by atoms with Gasteiger partial charge in [-0.15, -0.1) is 0 Å². The fourth-order valence-electron chi connectivity index (χ4n) is 3.16. The topological polar surface area (TPSA) is 81.0 Å². The molecule has 0 aliphatic carbocycles. The summed E-state index contributed by atoms with van der Waals surface area (Å²) in [6.07, 6.45) is 3.78. The lowest BCUT2D eigenvalue weighted by Crippen LogP contribution is -2.21. The van der Waals surface area contributed by atoms with E-state index in [1.54, 1.807) is 17.0 Å². The molecule has 1 aliphatic rings. The van der Waals surface area contributed by atoms with Crippen molar-refractivity contribution in [2.24, 2.45) is 0 Å². The zero-order valence-corrected chi connectivity index (χ0v) is 15.4. The molecule has 1 aromatic carbocycles. The number of hydrogen-bond donors (Lipinski definition) is 0. The molecule has 3 aromatic rings. The summed E-state index contributed by atoms with van der Waals surface area (Å²) >= 11 is 0. The molecule has 3 heterocycles. The highest BCUT2D eigenvalue weighted by atomic mass is 32.2. The van der Waals surface area contributed by atoms with E-state index in [0.717, 1.165) is 5.56 Å². The molecule has 2 aromatic heterocycles. The summed E-state index contributed by atoms with van der Waals surface area (Å²) in [4.78, 5) is 15.5. The highest BCUT2D eigenvalue weighted by Gasteiger charge is 2.34. The Hall–Kier alpha value is -2.74. The summed E-state index contributed by atoms with van der Waals surface area (Å²) in [6, 6.07) is 10.0. The molecule has 4 rings (SSSR count). The molecule has 1 aliphatic heterocycles. The van der Waals surface area contributed by atoms with Crippen LogP contribution >= 0.6 is 0 Å². The van der Waals surface area contributed by atoms with E-state index >= 15 is 0 Å². The van der Waals surface area contributed by atoms with Gasteiger partial charge in [0.25, 0.3) is 0 Å². The predicted molar refractivity (Wildman–Crippen MR) is 98.2 cm³/mol. The normalized spacial score (nSPS) is 15.0. The Kier molecular flexibility index (Phi) is 3.99. The maximum atomic E-state index is 12.5. The molecule has 0 radical (unpaired) electrons. The number of benzene rings is 1. The first-order valence-electron chi connectivity index (χ1n) is 8.35. The van der Waals surface area contributed by atoms with E-state index in [0.29, 0.717) is 36.3 Å². The van der Waals surface area contributed by atoms with Crippen LogP contribution in [0.4, 0.5) is 5.95 Å². The molecule has 0 N–H and O–H groups in total. The zero-order chi connectivity index (χ0) is 18.3. The molecule has 0 fully saturated rings. The van der Waals surface area contributed by atoms with Crippen LogP contribution in [0, 0.1) is 6.92 Å². The first kappa shape index (κ1) is 16.7. The maximum Gasteiger partial charge on any atom is 0.227 e. The van der Waals surface area contributed by atoms with Crippen LogP contribution in [0.3, 0.4) is 0 Å². The van der Waals surface area contributed by atoms with Gasteiger partial charge in [-0.2, -0.15) is 4.98 Å². The van der Waals surface area contributed by atoms with Gasteiger partial charge in [0.05, 0.1) is 11.4 Å². The van der Waals surface area contributed by atoms with Gasteiger partial charge in [-0.3, -0.25) is 4.57 Å². The van der Waals surface area contributed by atoms with Gasteiger partial charge in [0.15, 0.2) is 15.7 Å². The van der Waals surface area contributed by atoms with Crippen molar-refractivity contribution in [2.75, 3.05) is 17.7 Å². The Morgan fingerprint density at radius 2 is 1.96 bits per heavy atom. The average molecular weight is 369 g/mol. The third kappa shape index (κ3) is 2.86. The summed E-state index contributed by atoms with van der Waals surface area (Å²) in [7, 11) is -1.47. The van der Waals surface area contributed by atoms with Crippen LogP contribution in [-0.2, 0) is 22.8 Å². The standard InChI is InChI=1S/C18H19N5O2S/c1-13-19-9-10-23(13)17-16-15(8-11-26(16,24)25)20-18(21-17)22(2)12-14-6-4-3-5-7-14/h3-7,9-10H,8,11-12H2,1-2H3. The third-order valence-corrected chi connectivity index (χ3v) is 6.26. The van der Waals surface area contributed by atoms with Gasteiger partial charge in [0.2, 0.25) is 5.95 Å². The molecule has 0 unspecified atom stereocenters. The molecular weight excluding hydrogens is 350 g/mol. The lowest BCUT2D eigenvalue weighted by Gasteiger charge is -2.19. The summed E-state index contributed by atoms with van der Waals surface area (Å²) in [5.74, 6) is 1.65. The summed E-state index contributed by atoms with van der Waals surface area (Å²) in [6.45, 7) is 2.46. The molecule has 26 heavy (non-hydrogen) atoms. The van der Waals surface area contributed by atoms with E-state index in [1.807, 2.05) is 49.2 Å². The minimum absolute atomic E-state index is 0.0730. The quantitative estimate of drug-likeness (QED) is 0.699. The third-order valence-electron chi connectivity index (χ3n) is 4.48. The van der Waals surface area contributed by atoms with E-state index in [1.165, 1.54) is 0 Å². The van der Waals surface area contributed by atoms with E-state index in [-0.39, 0.29) is 10.6 Å². The van der Waals surface area contributed by atoms with Gasteiger partial charge < -0.3 is 4.90 Å². The van der Waals surface area contributed by atoms with Crippen LogP contribution in [0.5, 0.6) is 0 Å². The van der Waals surface area contributed by atoms with E-state index in [9.17, 15) is 8.42 Å². The number of nitrogens with zero attached hydrogens (tertiary/aromatic N) is 5. The Morgan fingerprint density at radius 3 is 2.65 bits per heavy atom. The number of rotatable bonds is 4. The second-order valence-electron chi connectivity index (χ2n) is 6.38. The Balaban J connectivity index is 1.82. The maximum absolute atomic E-state index is 12.5. The number of aryl methyl sites for hydroxylation is 2. The van der Waals surface area contributed by atoms with Crippen LogP contribution in [0.15, 0.2) is 47.6 Å². The van der Waals surface area contributed by atoms with Crippen molar-refractivity contribution < 1.29 is 8.42 Å². The van der Waals surface area contributed by atoms with Crippen molar-refractivity contribution in [2.45, 2.75) is 24.8 Å². The van der Waals surface area contributed by atoms with Crippen LogP contribution in [-0.4, -0.2) is 40.7 Å². The van der Waals surface area contributed by atoms with Crippen LogP contribution in [0.25, 0.3) is 5.82 Å². The fourth-order valence-corrected chi connectivity index (χ4v) is 4.75. The molecule has 0 bridgehead atoms. The van der Waals surface area contributed by atoms with Gasteiger partial charge in [-0.05, 0) is 12.5 Å². The number of aromatic nitrogens is 4. The number of sulfone groups is 1. The van der Waals surface area contributed by atoms with E-state index < -0.39 is 9.84 Å². The molecule has 8 heteroatoms. The predicted octanol–water partition coefficient (Wildman–Crippen LogP) is 1.94. The monoisotopic (exact) mass is 369 g/mol. The number of hydrogen-bond acceptors (Lipinski definition) is 6. The lowest BCUT2D eigenvalue weighted by molar-refractivity contribution is 0.598. The molecule has 0 amide bonds. The highest BCUT2D eigenvalue weighted by molar-refractivity contribution is 7.91. The number of anilines is 1. The molecule has 0 saturated carbocycles. The van der Waals surface area contributed by atoms with Crippen molar-refractivity contribution in [3.05, 3.63) is 59.8 Å². The van der Waals surface area contributed by atoms with Gasteiger partial charge in [-0.1, -0.05) is 30.3 Å². The fraction of sp³-hybridized carbons (Fsp3) is 0.278. The number of fused-ring (bicyclic) bond motifs is 1. The molecular formula is C18H19N5O2S. The minimum Gasteiger partial charge on any atom is -0.339 e. The molecule has 0 saturated heterocycles. The first-order chi connectivity index (χ1) is 12.5. The summed E-state index contributed by atoms with van der Waals surface area (Å²) in [5.41, 5.74) is 1.71. The molecule has 0 spiro atoms. The largest absolute Gasteiger partial charge is 0.339 e. The molecule has 134 valence electrons. The van der Waals surface area contributed by atoms with Crippen LogP contribution in [0.1, 0.15) is 17.1 Å². The highest BCUT2D eigenvalue weighted by Crippen LogP contribution is 2.31. The van der Waals surface area contributed by atoms with Crippen molar-refractivity contribution in [1.82, 2.24) is 19.5 Å². The number of imidazole rings is 1. The molecule has 0 atom stereocenters. The Morgan fingerprint density at radius 1 is 1.19 bits per heavy atom. The smallest absolute Gasteiger partial charge is 0.227 e. The van der Waals surface area contributed by atoms with Crippen molar-refractivity contribution in [3.8, 4) is 5.82 Å². The van der Waals surface area contributed by atoms with Gasteiger partial charge >= 0.3 is 0 Å². The SMILES string of the molecule is Cc1nccn1-c1nc(N(C)Cc2ccccc2)nc2c1S(=O)(=O)CC2. The second-order valence-corrected chi connectivity index (χ2v) is 8.42.